The van der Waals surface area contributed by atoms with Crippen LogP contribution in [-0.2, 0) is 85.7 Å². The molecule has 0 spiro atoms. The fourth-order valence-electron chi connectivity index (χ4n) is 4.99. The predicted molar refractivity (Wildman–Crippen MR) is 163 cm³/mol. The molecule has 2 saturated heterocycles. The predicted octanol–water partition coefficient (Wildman–Crippen LogP) is -1.38. The molecule has 0 aromatic carbocycles. The van der Waals surface area contributed by atoms with E-state index in [1.807, 2.05) is 0 Å². The molecule has 2 heterocycles. The zero-order chi connectivity index (χ0) is 37.9. The molecule has 280 valence electrons. The summed E-state index contributed by atoms with van der Waals surface area (Å²) in [5.74, 6) is -6.61. The fraction of sp³-hybridized carbons (Fsp3) is 0.690. The topological polar surface area (TPSA) is 253 Å². The van der Waals surface area contributed by atoms with Crippen LogP contribution in [0.15, 0.2) is 0 Å². The van der Waals surface area contributed by atoms with Crippen LogP contribution in [0, 0.1) is 0 Å². The van der Waals surface area contributed by atoms with Crippen LogP contribution in [0.5, 0.6) is 0 Å². The Hall–Kier alpha value is -4.63. The van der Waals surface area contributed by atoms with Crippen molar-refractivity contribution in [2.24, 2.45) is 0 Å². The molecular formula is C29H40N2O18S. The SMILES string of the molecule is CC(=O)OC[C@@H]1O[C@H](NC(=S)N[C@@H]2O[C@H](COC(C)=O)[C@@H](OC(C)=O)[C@H](OC(C)=O)[C@H]2OC(C)=O)[C@@H](OC(C)=O)[C@H](OC(C)=O)[C@H]1OC(C)=O. The van der Waals surface area contributed by atoms with E-state index in [1.54, 1.807) is 0 Å². The van der Waals surface area contributed by atoms with E-state index in [9.17, 15) is 38.4 Å². The van der Waals surface area contributed by atoms with Gasteiger partial charge in [-0.15, -0.1) is 0 Å². The number of hydrogen-bond acceptors (Lipinski definition) is 19. The first-order chi connectivity index (χ1) is 23.3. The van der Waals surface area contributed by atoms with Crippen molar-refractivity contribution in [2.75, 3.05) is 13.2 Å². The molecule has 2 N–H and O–H groups in total. The smallest absolute Gasteiger partial charge is 0.303 e. The molecule has 2 aliphatic heterocycles. The van der Waals surface area contributed by atoms with E-state index >= 15 is 0 Å². The molecule has 0 aromatic rings. The average molecular weight is 737 g/mol. The Morgan fingerprint density at radius 1 is 0.440 bits per heavy atom. The summed E-state index contributed by atoms with van der Waals surface area (Å²) in [5, 5.41) is 5.04. The van der Waals surface area contributed by atoms with Gasteiger partial charge in [0.2, 0.25) is 0 Å². The van der Waals surface area contributed by atoms with Crippen LogP contribution < -0.4 is 10.6 Å². The van der Waals surface area contributed by atoms with Gasteiger partial charge in [0.1, 0.15) is 25.4 Å². The van der Waals surface area contributed by atoms with E-state index in [2.05, 4.69) is 10.6 Å². The maximum atomic E-state index is 12.2. The number of thiocarbonyl (C=S) groups is 1. The van der Waals surface area contributed by atoms with Gasteiger partial charge in [0, 0.05) is 55.4 Å². The molecule has 0 unspecified atom stereocenters. The molecule has 0 aliphatic carbocycles. The van der Waals surface area contributed by atoms with Crippen LogP contribution in [0.1, 0.15) is 55.4 Å². The number of hydrogen-bond donors (Lipinski definition) is 2. The largest absolute Gasteiger partial charge is 0.463 e. The summed E-state index contributed by atoms with van der Waals surface area (Å²) in [6, 6.07) is 0. The Morgan fingerprint density at radius 2 is 0.700 bits per heavy atom. The van der Waals surface area contributed by atoms with Crippen molar-refractivity contribution in [3.8, 4) is 0 Å². The summed E-state index contributed by atoms with van der Waals surface area (Å²) in [6.45, 7) is 7.48. The van der Waals surface area contributed by atoms with Crippen molar-refractivity contribution in [1.82, 2.24) is 10.6 Å². The summed E-state index contributed by atoms with van der Waals surface area (Å²) < 4.78 is 54.4. The molecule has 50 heavy (non-hydrogen) atoms. The highest BCUT2D eigenvalue weighted by Crippen LogP contribution is 2.30. The Kier molecular flexibility index (Phi) is 15.7. The summed E-state index contributed by atoms with van der Waals surface area (Å²) in [5.41, 5.74) is 0. The molecule has 0 bridgehead atoms. The first-order valence-corrected chi connectivity index (χ1v) is 15.4. The zero-order valence-electron chi connectivity index (χ0n) is 28.4. The molecule has 0 aromatic heterocycles. The molecular weight excluding hydrogens is 696 g/mol. The lowest BCUT2D eigenvalue weighted by Crippen LogP contribution is -2.69. The molecule has 2 fully saturated rings. The maximum Gasteiger partial charge on any atom is 0.303 e. The van der Waals surface area contributed by atoms with Gasteiger partial charge < -0.3 is 58.0 Å². The molecule has 21 heteroatoms. The lowest BCUT2D eigenvalue weighted by atomic mass is 9.97. The minimum absolute atomic E-state index is 0.369. The number of esters is 8. The van der Waals surface area contributed by atoms with Crippen molar-refractivity contribution in [3.63, 3.8) is 0 Å². The Balaban J connectivity index is 2.53. The number of nitrogens with one attached hydrogen (secondary N) is 2. The van der Waals surface area contributed by atoms with E-state index in [4.69, 9.17) is 59.6 Å². The fourth-order valence-corrected chi connectivity index (χ4v) is 5.22. The highest BCUT2D eigenvalue weighted by Gasteiger charge is 2.54. The van der Waals surface area contributed by atoms with Gasteiger partial charge in [0.05, 0.1) is 0 Å². The Bertz CT molecular complexity index is 1230. The molecule has 10 atom stereocenters. The minimum atomic E-state index is -1.55. The normalized spacial score (nSPS) is 28.7. The summed E-state index contributed by atoms with van der Waals surface area (Å²) >= 11 is 5.47. The third kappa shape index (κ3) is 13.0. The standard InChI is InChI=1S/C29H40N2O18S/c1-11(32)40-9-19-21(42-13(3)34)23(44-15(5)36)25(46-17(7)38)27(48-19)30-29(50)31-28-26(47-18(8)39)24(45-16(6)37)22(43-14(4)35)20(49-28)10-41-12(2)33/h19-28H,9-10H2,1-8H3,(H2,30,31,50)/t19-,20+,21-,22+,23+,24-,25-,26+,27-,28+. The Labute approximate surface area is 291 Å². The van der Waals surface area contributed by atoms with Crippen LogP contribution in [0.3, 0.4) is 0 Å². The van der Waals surface area contributed by atoms with Gasteiger partial charge in [0.15, 0.2) is 54.2 Å². The number of ether oxygens (including phenoxy) is 10. The second kappa shape index (κ2) is 18.9. The molecule has 0 amide bonds. The summed E-state index contributed by atoms with van der Waals surface area (Å²) in [4.78, 5) is 96.0. The first-order valence-electron chi connectivity index (χ1n) is 15.0. The lowest BCUT2D eigenvalue weighted by Gasteiger charge is -2.46. The number of rotatable bonds is 12. The first kappa shape index (κ1) is 41.5. The summed E-state index contributed by atoms with van der Waals surface area (Å²) in [7, 11) is 0. The third-order valence-electron chi connectivity index (χ3n) is 6.53. The number of carbonyl (C=O) groups excluding carboxylic acids is 8. The van der Waals surface area contributed by atoms with Crippen LogP contribution in [0.25, 0.3) is 0 Å². The van der Waals surface area contributed by atoms with Gasteiger partial charge in [-0.05, 0) is 12.2 Å². The number of carbonyl (C=O) groups is 8. The van der Waals surface area contributed by atoms with Gasteiger partial charge in [-0.3, -0.25) is 38.4 Å². The van der Waals surface area contributed by atoms with Crippen molar-refractivity contribution >= 4 is 65.1 Å². The van der Waals surface area contributed by atoms with Crippen molar-refractivity contribution < 1.29 is 85.7 Å². The van der Waals surface area contributed by atoms with E-state index in [-0.39, 0.29) is 5.11 Å². The molecule has 20 nitrogen and oxygen atoms in total. The van der Waals surface area contributed by atoms with Gasteiger partial charge in [-0.1, -0.05) is 0 Å². The van der Waals surface area contributed by atoms with E-state index in [0.29, 0.717) is 0 Å². The van der Waals surface area contributed by atoms with Crippen LogP contribution >= 0.6 is 12.2 Å². The molecule has 0 saturated carbocycles. The van der Waals surface area contributed by atoms with E-state index in [0.717, 1.165) is 55.4 Å². The van der Waals surface area contributed by atoms with Crippen molar-refractivity contribution in [2.45, 2.75) is 117 Å². The maximum absolute atomic E-state index is 12.2. The monoisotopic (exact) mass is 736 g/mol. The van der Waals surface area contributed by atoms with Crippen LogP contribution in [0.2, 0.25) is 0 Å². The minimum Gasteiger partial charge on any atom is -0.463 e. The van der Waals surface area contributed by atoms with Gasteiger partial charge in [-0.25, -0.2) is 0 Å². The van der Waals surface area contributed by atoms with Crippen molar-refractivity contribution in [3.05, 3.63) is 0 Å². The van der Waals surface area contributed by atoms with Crippen LogP contribution in [-0.4, -0.2) is 127 Å². The lowest BCUT2D eigenvalue weighted by molar-refractivity contribution is -0.257. The van der Waals surface area contributed by atoms with Crippen molar-refractivity contribution in [1.29, 1.82) is 0 Å². The zero-order valence-corrected chi connectivity index (χ0v) is 29.3. The quantitative estimate of drug-likeness (QED) is 0.133. The second-order valence-corrected chi connectivity index (χ2v) is 11.3. The van der Waals surface area contributed by atoms with Gasteiger partial charge in [0.25, 0.3) is 0 Å². The van der Waals surface area contributed by atoms with Gasteiger partial charge in [-0.2, -0.15) is 0 Å². The second-order valence-electron chi connectivity index (χ2n) is 10.9. The molecule has 2 aliphatic rings. The molecule has 2 rings (SSSR count). The Morgan fingerprint density at radius 3 is 0.960 bits per heavy atom. The van der Waals surface area contributed by atoms with E-state index in [1.165, 1.54) is 0 Å². The average Bonchev–Trinajstić information content (AvgIpc) is 2.95. The van der Waals surface area contributed by atoms with Crippen LogP contribution in [0.4, 0.5) is 0 Å². The summed E-state index contributed by atoms with van der Waals surface area (Å²) in [6.07, 6.45) is -14.7. The van der Waals surface area contributed by atoms with E-state index < -0.39 is 122 Å². The third-order valence-corrected chi connectivity index (χ3v) is 6.76. The molecule has 0 radical (unpaired) electrons. The highest BCUT2D eigenvalue weighted by molar-refractivity contribution is 7.80. The van der Waals surface area contributed by atoms with Gasteiger partial charge >= 0.3 is 47.8 Å². The highest BCUT2D eigenvalue weighted by atomic mass is 32.1.